The Kier molecular flexibility index (Phi) is 6.10. The van der Waals surface area contributed by atoms with E-state index >= 15 is 0 Å². The van der Waals surface area contributed by atoms with E-state index in [1.54, 1.807) is 19.2 Å². The summed E-state index contributed by atoms with van der Waals surface area (Å²) < 4.78 is 10.9. The van der Waals surface area contributed by atoms with E-state index in [9.17, 15) is 5.11 Å². The maximum atomic E-state index is 9.95. The Labute approximate surface area is 125 Å². The number of para-hydroxylation sites is 1. The van der Waals surface area contributed by atoms with Gasteiger partial charge < -0.3 is 19.9 Å². The van der Waals surface area contributed by atoms with Crippen molar-refractivity contribution in [3.05, 3.63) is 29.3 Å². The summed E-state index contributed by atoms with van der Waals surface area (Å²) in [5, 5.41) is 13.9. The predicted molar refractivity (Wildman–Crippen MR) is 79.4 cm³/mol. The van der Waals surface area contributed by atoms with Crippen LogP contribution in [0.15, 0.2) is 24.3 Å². The van der Waals surface area contributed by atoms with Gasteiger partial charge in [0.15, 0.2) is 0 Å². The average molecular weight is 300 g/mol. The van der Waals surface area contributed by atoms with Crippen molar-refractivity contribution in [1.82, 2.24) is 5.32 Å². The SMILES string of the molecule is COC1CCCC1NCC(O)COc1ccccc1Cl. The molecule has 112 valence electrons. The molecule has 1 saturated carbocycles. The van der Waals surface area contributed by atoms with E-state index < -0.39 is 6.10 Å². The lowest BCUT2D eigenvalue weighted by molar-refractivity contribution is 0.0687. The molecule has 2 N–H and O–H groups in total. The van der Waals surface area contributed by atoms with Crippen molar-refractivity contribution in [2.45, 2.75) is 37.5 Å². The Bertz CT molecular complexity index is 416. The highest BCUT2D eigenvalue weighted by Gasteiger charge is 2.26. The number of aliphatic hydroxyl groups is 1. The molecule has 20 heavy (non-hydrogen) atoms. The van der Waals surface area contributed by atoms with Gasteiger partial charge in [-0.15, -0.1) is 0 Å². The third-order valence-corrected chi connectivity index (χ3v) is 3.95. The lowest BCUT2D eigenvalue weighted by Crippen LogP contribution is -2.42. The first-order valence-electron chi connectivity index (χ1n) is 7.02. The summed E-state index contributed by atoms with van der Waals surface area (Å²) in [6.45, 7) is 0.718. The first kappa shape index (κ1) is 15.6. The molecule has 0 aliphatic heterocycles. The van der Waals surface area contributed by atoms with Crippen LogP contribution in [0.2, 0.25) is 5.02 Å². The van der Waals surface area contributed by atoms with Gasteiger partial charge in [0.1, 0.15) is 18.5 Å². The molecule has 1 aliphatic rings. The Morgan fingerprint density at radius 1 is 1.40 bits per heavy atom. The molecule has 0 saturated heterocycles. The fraction of sp³-hybridized carbons (Fsp3) is 0.600. The molecule has 0 radical (unpaired) electrons. The minimum atomic E-state index is -0.565. The van der Waals surface area contributed by atoms with Crippen LogP contribution in [0.1, 0.15) is 19.3 Å². The first-order chi connectivity index (χ1) is 9.70. The lowest BCUT2D eigenvalue weighted by Gasteiger charge is -2.21. The van der Waals surface area contributed by atoms with Crippen molar-refractivity contribution in [2.75, 3.05) is 20.3 Å². The lowest BCUT2D eigenvalue weighted by atomic mass is 10.2. The smallest absolute Gasteiger partial charge is 0.138 e. The van der Waals surface area contributed by atoms with Gasteiger partial charge in [-0.25, -0.2) is 0 Å². The molecule has 0 amide bonds. The van der Waals surface area contributed by atoms with Crippen LogP contribution in [0.3, 0.4) is 0 Å². The van der Waals surface area contributed by atoms with Gasteiger partial charge in [0, 0.05) is 19.7 Å². The third-order valence-electron chi connectivity index (χ3n) is 3.64. The fourth-order valence-corrected chi connectivity index (χ4v) is 2.73. The molecule has 1 aromatic carbocycles. The van der Waals surface area contributed by atoms with Gasteiger partial charge >= 0.3 is 0 Å². The maximum Gasteiger partial charge on any atom is 0.138 e. The Morgan fingerprint density at radius 2 is 2.20 bits per heavy atom. The molecule has 4 nitrogen and oxygen atoms in total. The fourth-order valence-electron chi connectivity index (χ4n) is 2.54. The molecule has 1 aliphatic carbocycles. The second-order valence-corrected chi connectivity index (χ2v) is 5.52. The summed E-state index contributed by atoms with van der Waals surface area (Å²) in [5.74, 6) is 0.601. The van der Waals surface area contributed by atoms with Crippen LogP contribution in [0.5, 0.6) is 5.75 Å². The standard InChI is InChI=1S/C15H22ClNO3/c1-19-15-8-4-6-13(15)17-9-11(18)10-20-14-7-3-2-5-12(14)16/h2-3,5,7,11,13,15,17-18H,4,6,8-10H2,1H3. The van der Waals surface area contributed by atoms with Crippen LogP contribution in [-0.4, -0.2) is 43.6 Å². The van der Waals surface area contributed by atoms with E-state index in [-0.39, 0.29) is 12.7 Å². The van der Waals surface area contributed by atoms with Crippen molar-refractivity contribution in [1.29, 1.82) is 0 Å². The third kappa shape index (κ3) is 4.35. The monoisotopic (exact) mass is 299 g/mol. The molecule has 3 atom stereocenters. The first-order valence-corrected chi connectivity index (χ1v) is 7.40. The molecule has 3 unspecified atom stereocenters. The predicted octanol–water partition coefficient (Wildman–Crippen LogP) is 2.24. The molecule has 5 heteroatoms. The van der Waals surface area contributed by atoms with E-state index in [4.69, 9.17) is 21.1 Å². The van der Waals surface area contributed by atoms with Crippen molar-refractivity contribution >= 4 is 11.6 Å². The molecule has 0 aromatic heterocycles. The van der Waals surface area contributed by atoms with E-state index in [1.807, 2.05) is 12.1 Å². The van der Waals surface area contributed by atoms with Crippen LogP contribution in [0.4, 0.5) is 0 Å². The molecule has 1 aromatic rings. The summed E-state index contributed by atoms with van der Waals surface area (Å²) in [5.41, 5.74) is 0. The van der Waals surface area contributed by atoms with E-state index in [1.165, 1.54) is 6.42 Å². The zero-order valence-corrected chi connectivity index (χ0v) is 12.5. The Balaban J connectivity index is 1.70. The quantitative estimate of drug-likeness (QED) is 0.811. The van der Waals surface area contributed by atoms with Crippen LogP contribution < -0.4 is 10.1 Å². The Hall–Kier alpha value is -0.810. The second-order valence-electron chi connectivity index (χ2n) is 5.12. The zero-order valence-electron chi connectivity index (χ0n) is 11.7. The number of hydrogen-bond acceptors (Lipinski definition) is 4. The van der Waals surface area contributed by atoms with Crippen molar-refractivity contribution < 1.29 is 14.6 Å². The van der Waals surface area contributed by atoms with Gasteiger partial charge in [0.25, 0.3) is 0 Å². The highest BCUT2D eigenvalue weighted by Crippen LogP contribution is 2.23. The van der Waals surface area contributed by atoms with Gasteiger partial charge in [-0.3, -0.25) is 0 Å². The number of aliphatic hydroxyl groups excluding tert-OH is 1. The van der Waals surface area contributed by atoms with E-state index in [0.29, 0.717) is 23.4 Å². The van der Waals surface area contributed by atoms with Crippen LogP contribution in [-0.2, 0) is 4.74 Å². The summed E-state index contributed by atoms with van der Waals surface area (Å²) in [6, 6.07) is 7.59. The van der Waals surface area contributed by atoms with Gasteiger partial charge in [0.2, 0.25) is 0 Å². The topological polar surface area (TPSA) is 50.7 Å². The Morgan fingerprint density at radius 3 is 2.95 bits per heavy atom. The number of rotatable bonds is 7. The number of methoxy groups -OCH3 is 1. The summed E-state index contributed by atoms with van der Waals surface area (Å²) in [4.78, 5) is 0. The maximum absolute atomic E-state index is 9.95. The molecule has 2 rings (SSSR count). The molecular formula is C15H22ClNO3. The summed E-state index contributed by atoms with van der Waals surface area (Å²) in [7, 11) is 1.74. The van der Waals surface area contributed by atoms with Crippen LogP contribution in [0.25, 0.3) is 0 Å². The molecule has 0 heterocycles. The molecule has 1 fully saturated rings. The van der Waals surface area contributed by atoms with Crippen molar-refractivity contribution in [3.63, 3.8) is 0 Å². The van der Waals surface area contributed by atoms with E-state index in [0.717, 1.165) is 12.8 Å². The molecular weight excluding hydrogens is 278 g/mol. The van der Waals surface area contributed by atoms with Crippen LogP contribution >= 0.6 is 11.6 Å². The van der Waals surface area contributed by atoms with Crippen molar-refractivity contribution in [2.24, 2.45) is 0 Å². The van der Waals surface area contributed by atoms with Gasteiger partial charge in [-0.2, -0.15) is 0 Å². The van der Waals surface area contributed by atoms with Crippen LogP contribution in [0, 0.1) is 0 Å². The minimum Gasteiger partial charge on any atom is -0.489 e. The number of halogens is 1. The highest BCUT2D eigenvalue weighted by atomic mass is 35.5. The normalized spacial score (nSPS) is 23.8. The van der Waals surface area contributed by atoms with E-state index in [2.05, 4.69) is 5.32 Å². The van der Waals surface area contributed by atoms with Crippen molar-refractivity contribution in [3.8, 4) is 5.75 Å². The second kappa shape index (κ2) is 7.84. The van der Waals surface area contributed by atoms with Gasteiger partial charge in [-0.05, 0) is 31.4 Å². The largest absolute Gasteiger partial charge is 0.489 e. The number of ether oxygens (including phenoxy) is 2. The minimum absolute atomic E-state index is 0.223. The summed E-state index contributed by atoms with van der Waals surface area (Å²) >= 11 is 5.99. The molecule has 0 spiro atoms. The zero-order chi connectivity index (χ0) is 14.4. The van der Waals surface area contributed by atoms with Gasteiger partial charge in [0.05, 0.1) is 11.1 Å². The number of hydrogen-bond donors (Lipinski definition) is 2. The molecule has 0 bridgehead atoms. The average Bonchev–Trinajstić information content (AvgIpc) is 2.91. The highest BCUT2D eigenvalue weighted by molar-refractivity contribution is 6.32. The number of nitrogens with one attached hydrogen (secondary N) is 1. The number of benzene rings is 1. The summed E-state index contributed by atoms with van der Waals surface area (Å²) in [6.07, 6.45) is 3.04. The van der Waals surface area contributed by atoms with Gasteiger partial charge in [-0.1, -0.05) is 23.7 Å².